The van der Waals surface area contributed by atoms with Crippen molar-refractivity contribution in [1.82, 2.24) is 5.43 Å². The van der Waals surface area contributed by atoms with Crippen LogP contribution in [0.5, 0.6) is 0 Å². The second-order valence-corrected chi connectivity index (χ2v) is 5.98. The van der Waals surface area contributed by atoms with Crippen LogP contribution in [0.2, 0.25) is 0 Å². The summed E-state index contributed by atoms with van der Waals surface area (Å²) in [6, 6.07) is 5.55. The van der Waals surface area contributed by atoms with E-state index < -0.39 is 17.4 Å². The van der Waals surface area contributed by atoms with E-state index in [4.69, 9.17) is 0 Å². The average molecular weight is 315 g/mol. The summed E-state index contributed by atoms with van der Waals surface area (Å²) in [6.07, 6.45) is 0.00830. The van der Waals surface area contributed by atoms with Crippen molar-refractivity contribution < 1.29 is 19.1 Å². The first-order valence-electron chi connectivity index (χ1n) is 7.24. The van der Waals surface area contributed by atoms with Gasteiger partial charge in [0.25, 0.3) is 5.91 Å². The highest BCUT2D eigenvalue weighted by Crippen LogP contribution is 2.35. The molecule has 1 unspecified atom stereocenters. The van der Waals surface area contributed by atoms with Crippen LogP contribution in [0.3, 0.4) is 0 Å². The number of carbonyl (C=O) groups excluding carboxylic acids is 3. The summed E-state index contributed by atoms with van der Waals surface area (Å²) < 4.78 is 4.62. The number of carbonyl (C=O) groups is 3. The van der Waals surface area contributed by atoms with Crippen LogP contribution in [0.1, 0.15) is 24.0 Å². The van der Waals surface area contributed by atoms with E-state index in [2.05, 4.69) is 15.3 Å². The van der Waals surface area contributed by atoms with Crippen molar-refractivity contribution in [3.8, 4) is 0 Å². The number of aryl methyl sites for hydroxylation is 2. The van der Waals surface area contributed by atoms with E-state index >= 15 is 0 Å². The predicted octanol–water partition coefficient (Wildman–Crippen LogP) is 0.828. The van der Waals surface area contributed by atoms with Gasteiger partial charge in [-0.25, -0.2) is 9.69 Å². The Kier molecular flexibility index (Phi) is 3.43. The molecule has 2 aliphatic rings. The van der Waals surface area contributed by atoms with Gasteiger partial charge in [-0.3, -0.25) is 15.0 Å². The summed E-state index contributed by atoms with van der Waals surface area (Å²) in [4.78, 5) is 38.0. The second-order valence-electron chi connectivity index (χ2n) is 5.98. The highest BCUT2D eigenvalue weighted by atomic mass is 16.5. The van der Waals surface area contributed by atoms with Crippen molar-refractivity contribution in [2.75, 3.05) is 12.0 Å². The summed E-state index contributed by atoms with van der Waals surface area (Å²) in [6.45, 7) is 3.81. The Hall–Kier alpha value is -2.70. The molecule has 1 fully saturated rings. The van der Waals surface area contributed by atoms with Crippen LogP contribution in [0.4, 0.5) is 5.69 Å². The molecule has 1 aromatic carbocycles. The van der Waals surface area contributed by atoms with Crippen molar-refractivity contribution in [2.24, 2.45) is 5.10 Å². The number of ether oxygens (including phenoxy) is 1. The number of amides is 2. The van der Waals surface area contributed by atoms with Gasteiger partial charge < -0.3 is 4.74 Å². The Labute approximate surface area is 133 Å². The molecule has 0 radical (unpaired) electrons. The van der Waals surface area contributed by atoms with Gasteiger partial charge in [0.15, 0.2) is 0 Å². The Morgan fingerprint density at radius 1 is 1.22 bits per heavy atom. The second kappa shape index (κ2) is 5.19. The molecule has 1 atom stereocenters. The topological polar surface area (TPSA) is 88.1 Å². The fourth-order valence-electron chi connectivity index (χ4n) is 3.08. The van der Waals surface area contributed by atoms with Gasteiger partial charge >= 0.3 is 5.97 Å². The van der Waals surface area contributed by atoms with Crippen LogP contribution in [-0.2, 0) is 19.1 Å². The number of hydrazone groups is 1. The molecule has 2 amide bonds. The number of nitrogens with zero attached hydrogens (tertiary/aromatic N) is 2. The molecular weight excluding hydrogens is 298 g/mol. The number of imide groups is 1. The van der Waals surface area contributed by atoms with Crippen LogP contribution < -0.4 is 10.3 Å². The van der Waals surface area contributed by atoms with Gasteiger partial charge in [0.2, 0.25) is 5.91 Å². The summed E-state index contributed by atoms with van der Waals surface area (Å²) >= 11 is 0. The highest BCUT2D eigenvalue weighted by Gasteiger charge is 2.56. The van der Waals surface area contributed by atoms with Crippen LogP contribution in [0.15, 0.2) is 23.3 Å². The first-order valence-corrected chi connectivity index (χ1v) is 7.24. The molecule has 0 aromatic heterocycles. The first kappa shape index (κ1) is 15.2. The van der Waals surface area contributed by atoms with E-state index in [1.807, 2.05) is 19.9 Å². The van der Waals surface area contributed by atoms with Gasteiger partial charge in [-0.15, -0.1) is 0 Å². The predicted molar refractivity (Wildman–Crippen MR) is 83.0 cm³/mol. The molecule has 7 nitrogen and oxygen atoms in total. The van der Waals surface area contributed by atoms with Gasteiger partial charge in [0.05, 0.1) is 19.2 Å². The Morgan fingerprint density at radius 3 is 2.48 bits per heavy atom. The van der Waals surface area contributed by atoms with E-state index in [0.717, 1.165) is 11.1 Å². The number of anilines is 1. The molecule has 0 aliphatic carbocycles. The number of methoxy groups -OCH3 is 1. The minimum atomic E-state index is -1.18. The third-order valence-electron chi connectivity index (χ3n) is 4.07. The largest absolute Gasteiger partial charge is 0.464 e. The van der Waals surface area contributed by atoms with Crippen molar-refractivity contribution in [2.45, 2.75) is 32.2 Å². The first-order chi connectivity index (χ1) is 10.9. The normalized spacial score (nSPS) is 23.3. The molecule has 1 aromatic rings. The molecule has 120 valence electrons. The van der Waals surface area contributed by atoms with E-state index in [1.165, 1.54) is 12.0 Å². The van der Waals surface area contributed by atoms with Gasteiger partial charge in [0, 0.05) is 6.42 Å². The minimum absolute atomic E-state index is 0.0389. The molecule has 1 N–H and O–H groups in total. The van der Waals surface area contributed by atoms with Crippen molar-refractivity contribution >= 4 is 29.2 Å². The van der Waals surface area contributed by atoms with E-state index in [1.54, 1.807) is 12.1 Å². The maximum Gasteiger partial charge on any atom is 0.354 e. The standard InChI is InChI=1S/C16H17N3O4/c1-9-4-10(2)6-11(5-9)19-13(20)8-16(15(19)22)7-12(17-18-16)14(21)23-3/h4-6,18H,7-8H2,1-3H3. The maximum absolute atomic E-state index is 12.8. The summed E-state index contributed by atoms with van der Waals surface area (Å²) in [7, 11) is 1.25. The lowest BCUT2D eigenvalue weighted by Crippen LogP contribution is -2.47. The van der Waals surface area contributed by atoms with Crippen LogP contribution in [-0.4, -0.2) is 36.1 Å². The average Bonchev–Trinajstić information content (AvgIpc) is 3.00. The number of hydrogen-bond donors (Lipinski definition) is 1. The number of esters is 1. The van der Waals surface area contributed by atoms with Crippen LogP contribution in [0.25, 0.3) is 0 Å². The minimum Gasteiger partial charge on any atom is -0.464 e. The fourth-order valence-corrected chi connectivity index (χ4v) is 3.08. The van der Waals surface area contributed by atoms with Crippen molar-refractivity contribution in [3.05, 3.63) is 29.3 Å². The van der Waals surface area contributed by atoms with Crippen LogP contribution in [0, 0.1) is 13.8 Å². The lowest BCUT2D eigenvalue weighted by Gasteiger charge is -2.21. The van der Waals surface area contributed by atoms with Crippen LogP contribution >= 0.6 is 0 Å². The quantitative estimate of drug-likeness (QED) is 0.645. The molecule has 0 bridgehead atoms. The molecule has 1 spiro atoms. The third kappa shape index (κ3) is 2.38. The number of nitrogens with one attached hydrogen (secondary N) is 1. The van der Waals surface area contributed by atoms with Crippen molar-refractivity contribution in [1.29, 1.82) is 0 Å². The fraction of sp³-hybridized carbons (Fsp3) is 0.375. The zero-order valence-corrected chi connectivity index (χ0v) is 13.2. The monoisotopic (exact) mass is 315 g/mol. The van der Waals surface area contributed by atoms with E-state index in [9.17, 15) is 14.4 Å². The Balaban J connectivity index is 1.91. The molecule has 1 saturated heterocycles. The molecule has 2 heterocycles. The summed E-state index contributed by atoms with van der Waals surface area (Å²) in [5.74, 6) is -1.30. The van der Waals surface area contributed by atoms with Crippen molar-refractivity contribution in [3.63, 3.8) is 0 Å². The Bertz CT molecular complexity index is 735. The van der Waals surface area contributed by atoms with E-state index in [-0.39, 0.29) is 24.5 Å². The summed E-state index contributed by atoms with van der Waals surface area (Å²) in [5, 5.41) is 3.88. The Morgan fingerprint density at radius 2 is 1.87 bits per heavy atom. The lowest BCUT2D eigenvalue weighted by atomic mass is 9.93. The molecule has 0 saturated carbocycles. The van der Waals surface area contributed by atoms with Gasteiger partial charge in [0.1, 0.15) is 11.3 Å². The third-order valence-corrected chi connectivity index (χ3v) is 4.07. The SMILES string of the molecule is COC(=O)C1=NNC2(CC(=O)N(c3cc(C)cc(C)c3)C2=O)C1. The maximum atomic E-state index is 12.8. The molecule has 7 heteroatoms. The van der Waals surface area contributed by atoms with Gasteiger partial charge in [-0.2, -0.15) is 5.10 Å². The lowest BCUT2D eigenvalue weighted by molar-refractivity contribution is -0.132. The molecule has 23 heavy (non-hydrogen) atoms. The zero-order valence-electron chi connectivity index (χ0n) is 13.2. The highest BCUT2D eigenvalue weighted by molar-refractivity contribution is 6.39. The van der Waals surface area contributed by atoms with Gasteiger partial charge in [-0.1, -0.05) is 6.07 Å². The molecule has 3 rings (SSSR count). The summed E-state index contributed by atoms with van der Waals surface area (Å²) in [5.41, 5.74) is 4.10. The number of benzene rings is 1. The molecule has 2 aliphatic heterocycles. The molecular formula is C16H17N3O4. The number of hydrogen-bond acceptors (Lipinski definition) is 6. The van der Waals surface area contributed by atoms with E-state index in [0.29, 0.717) is 5.69 Å². The van der Waals surface area contributed by atoms with Gasteiger partial charge in [-0.05, 0) is 37.1 Å². The number of rotatable bonds is 2. The zero-order chi connectivity index (χ0) is 16.8. The smallest absolute Gasteiger partial charge is 0.354 e.